The highest BCUT2D eigenvalue weighted by Gasteiger charge is 2.36. The van der Waals surface area contributed by atoms with E-state index in [4.69, 9.17) is 22.1 Å². The molecule has 5 nitrogen and oxygen atoms in total. The van der Waals surface area contributed by atoms with Crippen LogP contribution in [0.2, 0.25) is 5.02 Å². The largest absolute Gasteiger partial charge is 0.477 e. The van der Waals surface area contributed by atoms with Gasteiger partial charge in [-0.3, -0.25) is 4.79 Å². The minimum atomic E-state index is -0.343. The third-order valence-electron chi connectivity index (χ3n) is 5.67. The molecule has 0 aliphatic carbocycles. The van der Waals surface area contributed by atoms with E-state index in [1.165, 1.54) is 19.3 Å². The number of nitrogen functional groups attached to an aromatic ring is 1. The van der Waals surface area contributed by atoms with E-state index in [0.717, 1.165) is 12.8 Å². The zero-order chi connectivity index (χ0) is 19.6. The molecule has 2 aliphatic rings. The molecular formula is C21H28ClN3O2. The Hall–Kier alpha value is -1.90. The molecule has 1 amide bonds. The number of hydrogen-bond acceptors (Lipinski definition) is 4. The number of benzene rings is 1. The minimum Gasteiger partial charge on any atom is -0.477 e. The summed E-state index contributed by atoms with van der Waals surface area (Å²) in [6.07, 6.45) is 5.31. The Balaban J connectivity index is 1.77. The molecule has 1 aromatic rings. The topological polar surface area (TPSA) is 67.6 Å². The number of anilines is 1. The van der Waals surface area contributed by atoms with E-state index < -0.39 is 0 Å². The SMILES string of the molecule is CC#CC(C)Oc1cc(N)c(Cl)cc1C(=O)NC1CC2CCCC(C1)N2C. The third-order valence-corrected chi connectivity index (χ3v) is 6.00. The number of ether oxygens (including phenoxy) is 1. The monoisotopic (exact) mass is 389 g/mol. The zero-order valence-corrected chi connectivity index (χ0v) is 17.0. The third kappa shape index (κ3) is 4.51. The van der Waals surface area contributed by atoms with Gasteiger partial charge in [0.2, 0.25) is 0 Å². The van der Waals surface area contributed by atoms with Gasteiger partial charge in [-0.25, -0.2) is 0 Å². The van der Waals surface area contributed by atoms with Gasteiger partial charge >= 0.3 is 0 Å². The summed E-state index contributed by atoms with van der Waals surface area (Å²) < 4.78 is 5.84. The maximum absolute atomic E-state index is 13.0. The average Bonchev–Trinajstić information content (AvgIpc) is 2.59. The average molecular weight is 390 g/mol. The Bertz CT molecular complexity index is 757. The zero-order valence-electron chi connectivity index (χ0n) is 16.2. The van der Waals surface area contributed by atoms with Crippen LogP contribution in [0, 0.1) is 11.8 Å². The lowest BCUT2D eigenvalue weighted by Gasteiger charge is -2.47. The van der Waals surface area contributed by atoms with E-state index in [-0.39, 0.29) is 18.1 Å². The van der Waals surface area contributed by atoms with Crippen molar-refractivity contribution in [3.05, 3.63) is 22.7 Å². The summed E-state index contributed by atoms with van der Waals surface area (Å²) in [7, 11) is 2.20. The molecule has 1 aromatic carbocycles. The second kappa shape index (κ2) is 8.41. The highest BCUT2D eigenvalue weighted by molar-refractivity contribution is 6.33. The van der Waals surface area contributed by atoms with E-state index in [0.29, 0.717) is 34.1 Å². The van der Waals surface area contributed by atoms with Crippen molar-refractivity contribution in [3.63, 3.8) is 0 Å². The quantitative estimate of drug-likeness (QED) is 0.611. The van der Waals surface area contributed by atoms with E-state index in [9.17, 15) is 4.79 Å². The molecule has 6 heteroatoms. The van der Waals surface area contributed by atoms with Gasteiger partial charge in [0.25, 0.3) is 5.91 Å². The van der Waals surface area contributed by atoms with Gasteiger partial charge in [-0.05, 0) is 52.6 Å². The molecule has 0 aromatic heterocycles. The molecule has 146 valence electrons. The van der Waals surface area contributed by atoms with Gasteiger partial charge < -0.3 is 20.7 Å². The number of nitrogens with two attached hydrogens (primary N) is 1. The number of nitrogens with zero attached hydrogens (tertiary/aromatic N) is 1. The molecule has 0 spiro atoms. The molecule has 3 N–H and O–H groups in total. The molecule has 2 fully saturated rings. The Morgan fingerprint density at radius 2 is 2.04 bits per heavy atom. The van der Waals surface area contributed by atoms with Crippen molar-refractivity contribution >= 4 is 23.2 Å². The van der Waals surface area contributed by atoms with Crippen molar-refractivity contribution < 1.29 is 9.53 Å². The molecule has 3 unspecified atom stereocenters. The number of carbonyl (C=O) groups is 1. The summed E-state index contributed by atoms with van der Waals surface area (Å²) in [6, 6.07) is 4.46. The Morgan fingerprint density at radius 3 is 2.67 bits per heavy atom. The van der Waals surface area contributed by atoms with Crippen molar-refractivity contribution in [2.75, 3.05) is 12.8 Å². The van der Waals surface area contributed by atoms with Crippen LogP contribution in [0.3, 0.4) is 0 Å². The number of piperidine rings is 2. The summed E-state index contributed by atoms with van der Waals surface area (Å²) in [6.45, 7) is 3.59. The molecule has 0 saturated carbocycles. The lowest BCUT2D eigenvalue weighted by atomic mass is 9.82. The highest BCUT2D eigenvalue weighted by atomic mass is 35.5. The van der Waals surface area contributed by atoms with Crippen molar-refractivity contribution in [1.82, 2.24) is 10.2 Å². The predicted octanol–water partition coefficient (Wildman–Crippen LogP) is 3.46. The van der Waals surface area contributed by atoms with E-state index >= 15 is 0 Å². The van der Waals surface area contributed by atoms with Crippen molar-refractivity contribution in [3.8, 4) is 17.6 Å². The number of nitrogens with one attached hydrogen (secondary N) is 1. The number of halogens is 1. The van der Waals surface area contributed by atoms with Crippen LogP contribution in [0.4, 0.5) is 5.69 Å². The van der Waals surface area contributed by atoms with Gasteiger partial charge in [0, 0.05) is 24.2 Å². The fraction of sp³-hybridized carbons (Fsp3) is 0.571. The first-order valence-corrected chi connectivity index (χ1v) is 9.97. The van der Waals surface area contributed by atoms with Crippen LogP contribution in [-0.2, 0) is 0 Å². The summed E-state index contributed by atoms with van der Waals surface area (Å²) in [5, 5.41) is 3.54. The molecule has 3 rings (SSSR count). The molecule has 3 atom stereocenters. The predicted molar refractivity (Wildman–Crippen MR) is 109 cm³/mol. The summed E-state index contributed by atoms with van der Waals surface area (Å²) in [5.74, 6) is 5.99. The number of rotatable bonds is 4. The minimum absolute atomic E-state index is 0.168. The second-order valence-corrected chi connectivity index (χ2v) is 7.98. The molecule has 2 bridgehead atoms. The van der Waals surface area contributed by atoms with E-state index in [1.807, 2.05) is 6.92 Å². The second-order valence-electron chi connectivity index (χ2n) is 7.57. The van der Waals surface area contributed by atoms with Gasteiger partial charge in [-0.15, -0.1) is 5.92 Å². The van der Waals surface area contributed by atoms with Gasteiger partial charge in [0.05, 0.1) is 16.3 Å². The van der Waals surface area contributed by atoms with Crippen molar-refractivity contribution in [2.24, 2.45) is 0 Å². The Kier molecular flexibility index (Phi) is 6.18. The maximum atomic E-state index is 13.0. The fourth-order valence-electron chi connectivity index (χ4n) is 4.26. The molecular weight excluding hydrogens is 362 g/mol. The first-order valence-electron chi connectivity index (χ1n) is 9.59. The number of fused-ring (bicyclic) bond motifs is 2. The molecule has 2 aliphatic heterocycles. The lowest BCUT2D eigenvalue weighted by Crippen LogP contribution is -2.55. The van der Waals surface area contributed by atoms with Crippen LogP contribution in [-0.4, -0.2) is 42.1 Å². The first-order chi connectivity index (χ1) is 12.9. The van der Waals surface area contributed by atoms with Gasteiger partial charge in [-0.1, -0.05) is 23.9 Å². The summed E-state index contributed by atoms with van der Waals surface area (Å²) in [5.41, 5.74) is 6.70. The van der Waals surface area contributed by atoms with E-state index in [1.54, 1.807) is 19.1 Å². The highest BCUT2D eigenvalue weighted by Crippen LogP contribution is 2.34. The van der Waals surface area contributed by atoms with Crippen LogP contribution in [0.1, 0.15) is 56.3 Å². The lowest BCUT2D eigenvalue weighted by molar-refractivity contribution is 0.0462. The maximum Gasteiger partial charge on any atom is 0.255 e. The van der Waals surface area contributed by atoms with Gasteiger partial charge in [0.1, 0.15) is 5.75 Å². The van der Waals surface area contributed by atoms with Crippen LogP contribution in [0.5, 0.6) is 5.75 Å². The summed E-state index contributed by atoms with van der Waals surface area (Å²) >= 11 is 6.17. The Morgan fingerprint density at radius 1 is 1.37 bits per heavy atom. The summed E-state index contributed by atoms with van der Waals surface area (Å²) in [4.78, 5) is 15.5. The van der Waals surface area contributed by atoms with Crippen LogP contribution < -0.4 is 15.8 Å². The smallest absolute Gasteiger partial charge is 0.255 e. The number of amides is 1. The van der Waals surface area contributed by atoms with Crippen molar-refractivity contribution in [1.29, 1.82) is 0 Å². The van der Waals surface area contributed by atoms with E-state index in [2.05, 4.69) is 29.1 Å². The van der Waals surface area contributed by atoms with Gasteiger partial charge in [0.15, 0.2) is 6.10 Å². The van der Waals surface area contributed by atoms with Gasteiger partial charge in [-0.2, -0.15) is 0 Å². The molecule has 2 saturated heterocycles. The first kappa shape index (κ1) is 19.9. The van der Waals surface area contributed by atoms with Crippen LogP contribution in [0.25, 0.3) is 0 Å². The number of hydrogen-bond donors (Lipinski definition) is 2. The standard InChI is InChI=1S/C21H28ClN3O2/c1-4-6-13(2)27-20-12-19(23)18(22)11-17(20)21(26)24-14-9-15-7-5-8-16(10-14)25(15)3/h11-16H,5,7-10,23H2,1-3H3,(H,24,26). The molecule has 27 heavy (non-hydrogen) atoms. The molecule has 0 radical (unpaired) electrons. The number of carbonyl (C=O) groups excluding carboxylic acids is 1. The normalized spacial score (nSPS) is 25.9. The van der Waals surface area contributed by atoms with Crippen LogP contribution in [0.15, 0.2) is 12.1 Å². The molecule has 2 heterocycles. The fourth-order valence-corrected chi connectivity index (χ4v) is 4.43. The van der Waals surface area contributed by atoms with Crippen LogP contribution >= 0.6 is 11.6 Å². The van der Waals surface area contributed by atoms with Crippen molar-refractivity contribution in [2.45, 2.75) is 70.2 Å². The Labute approximate surface area is 166 Å².